The highest BCUT2D eigenvalue weighted by molar-refractivity contribution is 5.67. The number of fused-ring (bicyclic) bond motifs is 1. The summed E-state index contributed by atoms with van der Waals surface area (Å²) in [5.41, 5.74) is 11.0. The van der Waals surface area contributed by atoms with E-state index in [1.54, 1.807) is 0 Å². The van der Waals surface area contributed by atoms with Crippen molar-refractivity contribution in [3.8, 4) is 0 Å². The van der Waals surface area contributed by atoms with Gasteiger partial charge < -0.3 is 10.6 Å². The molecule has 0 saturated carbocycles. The summed E-state index contributed by atoms with van der Waals surface area (Å²) in [5, 5.41) is 4.59. The van der Waals surface area contributed by atoms with Crippen molar-refractivity contribution < 1.29 is 0 Å². The van der Waals surface area contributed by atoms with E-state index >= 15 is 0 Å². The van der Waals surface area contributed by atoms with Crippen LogP contribution in [0.1, 0.15) is 36.6 Å². The van der Waals surface area contributed by atoms with Crippen LogP contribution in [-0.4, -0.2) is 16.3 Å². The van der Waals surface area contributed by atoms with Crippen molar-refractivity contribution in [2.75, 3.05) is 17.2 Å². The number of anilines is 2. The maximum atomic E-state index is 6.33. The van der Waals surface area contributed by atoms with Crippen LogP contribution in [0.4, 0.5) is 11.5 Å². The van der Waals surface area contributed by atoms with E-state index < -0.39 is 0 Å². The quantitative estimate of drug-likeness (QED) is 0.912. The van der Waals surface area contributed by atoms with Gasteiger partial charge in [-0.15, -0.1) is 0 Å². The molecule has 0 radical (unpaired) electrons. The van der Waals surface area contributed by atoms with Gasteiger partial charge in [-0.25, -0.2) is 0 Å². The molecule has 0 unspecified atom stereocenters. The lowest BCUT2D eigenvalue weighted by molar-refractivity contribution is 0.660. The summed E-state index contributed by atoms with van der Waals surface area (Å²) in [6, 6.07) is 8.65. The van der Waals surface area contributed by atoms with E-state index in [4.69, 9.17) is 5.73 Å². The Morgan fingerprint density at radius 2 is 1.90 bits per heavy atom. The largest absolute Gasteiger partial charge is 0.394 e. The van der Waals surface area contributed by atoms with Crippen LogP contribution in [0.5, 0.6) is 0 Å². The summed E-state index contributed by atoms with van der Waals surface area (Å²) in [6.45, 7) is 6.18. The maximum Gasteiger partial charge on any atom is 0.150 e. The van der Waals surface area contributed by atoms with Gasteiger partial charge >= 0.3 is 0 Å². The fourth-order valence-electron chi connectivity index (χ4n) is 3.03. The van der Waals surface area contributed by atoms with Crippen LogP contribution in [0.2, 0.25) is 0 Å². The first kappa shape index (κ1) is 13.0. The molecule has 0 atom stereocenters. The molecule has 1 aromatic heterocycles. The SMILES string of the molecule is CC(C)c1nn(C)c(N2CCc3ccccc3C2)c1N. The van der Waals surface area contributed by atoms with Crippen LogP contribution >= 0.6 is 0 Å². The third kappa shape index (κ3) is 2.05. The number of rotatable bonds is 2. The van der Waals surface area contributed by atoms with Crippen molar-refractivity contribution in [1.29, 1.82) is 0 Å². The zero-order chi connectivity index (χ0) is 14.3. The van der Waals surface area contributed by atoms with Gasteiger partial charge in [0.2, 0.25) is 0 Å². The molecule has 3 rings (SSSR count). The van der Waals surface area contributed by atoms with E-state index in [1.165, 1.54) is 11.1 Å². The van der Waals surface area contributed by atoms with Gasteiger partial charge in [0.05, 0.1) is 11.4 Å². The summed E-state index contributed by atoms with van der Waals surface area (Å²) in [5.74, 6) is 1.41. The molecule has 0 saturated heterocycles. The third-order valence-electron chi connectivity index (χ3n) is 4.06. The van der Waals surface area contributed by atoms with Crippen molar-refractivity contribution in [3.05, 3.63) is 41.1 Å². The fraction of sp³-hybridized carbons (Fsp3) is 0.438. The fourth-order valence-corrected chi connectivity index (χ4v) is 3.03. The van der Waals surface area contributed by atoms with Gasteiger partial charge in [0.15, 0.2) is 5.82 Å². The molecule has 1 aliphatic heterocycles. The van der Waals surface area contributed by atoms with E-state index in [0.717, 1.165) is 36.7 Å². The first-order valence-corrected chi connectivity index (χ1v) is 7.22. The molecule has 1 aromatic carbocycles. The molecule has 0 aliphatic carbocycles. The Labute approximate surface area is 120 Å². The monoisotopic (exact) mass is 270 g/mol. The van der Waals surface area contributed by atoms with Crippen LogP contribution in [0.15, 0.2) is 24.3 Å². The second kappa shape index (κ2) is 4.85. The highest BCUT2D eigenvalue weighted by Crippen LogP contribution is 2.33. The van der Waals surface area contributed by atoms with Gasteiger partial charge in [-0.3, -0.25) is 4.68 Å². The molecule has 0 spiro atoms. The van der Waals surface area contributed by atoms with Crippen molar-refractivity contribution in [3.63, 3.8) is 0 Å². The van der Waals surface area contributed by atoms with Gasteiger partial charge in [0.25, 0.3) is 0 Å². The van der Waals surface area contributed by atoms with E-state index in [0.29, 0.717) is 5.92 Å². The number of aryl methyl sites for hydroxylation is 1. The number of hydrogen-bond acceptors (Lipinski definition) is 3. The Kier molecular flexibility index (Phi) is 3.16. The number of nitrogen functional groups attached to an aromatic ring is 1. The molecule has 0 bridgehead atoms. The van der Waals surface area contributed by atoms with E-state index in [2.05, 4.69) is 48.1 Å². The molecule has 1 aliphatic rings. The third-order valence-corrected chi connectivity index (χ3v) is 4.06. The smallest absolute Gasteiger partial charge is 0.150 e. The van der Waals surface area contributed by atoms with Crippen LogP contribution in [0.25, 0.3) is 0 Å². The maximum absolute atomic E-state index is 6.33. The molecule has 4 heteroatoms. The number of hydrogen-bond donors (Lipinski definition) is 1. The van der Waals surface area contributed by atoms with E-state index in [9.17, 15) is 0 Å². The predicted molar refractivity (Wildman–Crippen MR) is 82.9 cm³/mol. The van der Waals surface area contributed by atoms with Crippen molar-refractivity contribution in [1.82, 2.24) is 9.78 Å². The molecule has 0 amide bonds. The van der Waals surface area contributed by atoms with Crippen LogP contribution in [0, 0.1) is 0 Å². The zero-order valence-electron chi connectivity index (χ0n) is 12.4. The van der Waals surface area contributed by atoms with Gasteiger partial charge in [0.1, 0.15) is 0 Å². The van der Waals surface area contributed by atoms with E-state index in [-0.39, 0.29) is 0 Å². The molecule has 2 aromatic rings. The van der Waals surface area contributed by atoms with Crippen LogP contribution in [0.3, 0.4) is 0 Å². The van der Waals surface area contributed by atoms with Crippen LogP contribution < -0.4 is 10.6 Å². The molecule has 4 nitrogen and oxygen atoms in total. The standard InChI is InChI=1S/C16H22N4/c1-11(2)15-14(17)16(19(3)18-15)20-9-8-12-6-4-5-7-13(12)10-20/h4-7,11H,8-10,17H2,1-3H3. The van der Waals surface area contributed by atoms with Crippen molar-refractivity contribution in [2.24, 2.45) is 7.05 Å². The highest BCUT2D eigenvalue weighted by Gasteiger charge is 2.24. The average molecular weight is 270 g/mol. The minimum atomic E-state index is 0.354. The lowest BCUT2D eigenvalue weighted by atomic mass is 10.00. The number of nitrogens with two attached hydrogens (primary N) is 1. The Bertz CT molecular complexity index is 627. The summed E-state index contributed by atoms with van der Waals surface area (Å²) in [7, 11) is 1.98. The average Bonchev–Trinajstić information content (AvgIpc) is 2.74. The Hall–Kier alpha value is -1.97. The van der Waals surface area contributed by atoms with E-state index in [1.807, 2.05) is 11.7 Å². The van der Waals surface area contributed by atoms with Crippen molar-refractivity contribution in [2.45, 2.75) is 32.7 Å². The topological polar surface area (TPSA) is 47.1 Å². The molecule has 2 heterocycles. The van der Waals surface area contributed by atoms with Crippen molar-refractivity contribution >= 4 is 11.5 Å². The zero-order valence-corrected chi connectivity index (χ0v) is 12.4. The van der Waals surface area contributed by atoms with Crippen LogP contribution in [-0.2, 0) is 20.0 Å². The second-order valence-corrected chi connectivity index (χ2v) is 5.84. The minimum Gasteiger partial charge on any atom is -0.394 e. The van der Waals surface area contributed by atoms with Gasteiger partial charge in [-0.1, -0.05) is 38.1 Å². The molecule has 0 fully saturated rings. The molecule has 106 valence electrons. The summed E-state index contributed by atoms with van der Waals surface area (Å²) in [6.07, 6.45) is 1.07. The Balaban J connectivity index is 1.96. The second-order valence-electron chi connectivity index (χ2n) is 5.84. The van der Waals surface area contributed by atoms with Gasteiger partial charge in [0, 0.05) is 20.1 Å². The first-order chi connectivity index (χ1) is 9.58. The highest BCUT2D eigenvalue weighted by atomic mass is 15.4. The van der Waals surface area contributed by atoms with Gasteiger partial charge in [-0.05, 0) is 23.5 Å². The summed E-state index contributed by atoms with van der Waals surface area (Å²) in [4.78, 5) is 2.34. The number of benzene rings is 1. The number of nitrogens with zero attached hydrogens (tertiary/aromatic N) is 3. The molecular formula is C16H22N4. The summed E-state index contributed by atoms with van der Waals surface area (Å²) >= 11 is 0. The summed E-state index contributed by atoms with van der Waals surface area (Å²) < 4.78 is 1.93. The predicted octanol–water partition coefficient (Wildman–Crippen LogP) is 2.69. The first-order valence-electron chi connectivity index (χ1n) is 7.22. The normalized spacial score (nSPS) is 14.7. The molecule has 20 heavy (non-hydrogen) atoms. The lowest BCUT2D eigenvalue weighted by Crippen LogP contribution is -2.32. The van der Waals surface area contributed by atoms with Gasteiger partial charge in [-0.2, -0.15) is 5.10 Å². The minimum absolute atomic E-state index is 0.354. The Morgan fingerprint density at radius 3 is 2.55 bits per heavy atom. The number of aromatic nitrogens is 2. The lowest BCUT2D eigenvalue weighted by Gasteiger charge is -2.30. The Morgan fingerprint density at radius 1 is 1.20 bits per heavy atom. The molecule has 2 N–H and O–H groups in total. The molecular weight excluding hydrogens is 248 g/mol.